The molecule has 2 heterocycles. The fraction of sp³-hybridized carbons (Fsp3) is 0.385. The van der Waals surface area contributed by atoms with Crippen LogP contribution in [0.5, 0.6) is 0 Å². The van der Waals surface area contributed by atoms with Gasteiger partial charge in [0.2, 0.25) is 0 Å². The fourth-order valence-electron chi connectivity index (χ4n) is 4.54. The van der Waals surface area contributed by atoms with E-state index in [0.29, 0.717) is 28.4 Å². The highest BCUT2D eigenvalue weighted by molar-refractivity contribution is 6.33. The van der Waals surface area contributed by atoms with Crippen LogP contribution in [0, 0.1) is 17.6 Å². The zero-order valence-corrected chi connectivity index (χ0v) is 19.7. The van der Waals surface area contributed by atoms with Gasteiger partial charge in [-0.25, -0.2) is 13.8 Å². The van der Waals surface area contributed by atoms with Crippen molar-refractivity contribution < 1.29 is 8.78 Å². The molecule has 1 aliphatic rings. The van der Waals surface area contributed by atoms with Crippen LogP contribution >= 0.6 is 11.6 Å². The minimum atomic E-state index is -0.597. The fourth-order valence-corrected chi connectivity index (χ4v) is 4.74. The van der Waals surface area contributed by atoms with Gasteiger partial charge in [0.15, 0.2) is 0 Å². The number of nitrogens with zero attached hydrogens (tertiary/aromatic N) is 3. The summed E-state index contributed by atoms with van der Waals surface area (Å²) in [6.45, 7) is 0.260. The number of nitrogens with one attached hydrogen (secondary N) is 1. The van der Waals surface area contributed by atoms with E-state index < -0.39 is 11.6 Å². The molecule has 1 saturated carbocycles. The second-order valence-electron chi connectivity index (χ2n) is 9.04. The van der Waals surface area contributed by atoms with E-state index in [2.05, 4.69) is 34.3 Å². The first kappa shape index (κ1) is 23.6. The molecule has 1 fully saturated rings. The minimum Gasteiger partial charge on any atom is -0.366 e. The molecule has 174 valence electrons. The topological polar surface area (TPSA) is 41.0 Å². The molecule has 0 radical (unpaired) electrons. The summed E-state index contributed by atoms with van der Waals surface area (Å²) in [5.74, 6) is 0.0450. The van der Waals surface area contributed by atoms with Crippen LogP contribution in [-0.2, 0) is 13.0 Å². The number of hydrogen-bond acceptors (Lipinski definition) is 4. The van der Waals surface area contributed by atoms with Gasteiger partial charge in [0.05, 0.1) is 10.7 Å². The van der Waals surface area contributed by atoms with Crippen LogP contribution in [0.4, 0.5) is 14.6 Å². The van der Waals surface area contributed by atoms with E-state index >= 15 is 0 Å². The SMILES string of the molecule is CN(C)C1CCC(Cc2cc(-c3cccc(NCc4cc(F)cc(F)c4)n3)c(Cl)cn2)CC1. The van der Waals surface area contributed by atoms with Crippen molar-refractivity contribution in [2.75, 3.05) is 19.4 Å². The van der Waals surface area contributed by atoms with Crippen LogP contribution < -0.4 is 5.32 Å². The quantitative estimate of drug-likeness (QED) is 0.436. The molecule has 1 aliphatic carbocycles. The van der Waals surface area contributed by atoms with E-state index in [9.17, 15) is 8.78 Å². The molecule has 0 amide bonds. The van der Waals surface area contributed by atoms with E-state index in [4.69, 9.17) is 11.6 Å². The van der Waals surface area contributed by atoms with E-state index in [0.717, 1.165) is 29.4 Å². The molecule has 1 N–H and O–H groups in total. The highest BCUT2D eigenvalue weighted by Crippen LogP contribution is 2.32. The summed E-state index contributed by atoms with van der Waals surface area (Å²) in [7, 11) is 4.31. The maximum atomic E-state index is 13.4. The molecule has 1 aromatic carbocycles. The summed E-state index contributed by atoms with van der Waals surface area (Å²) in [4.78, 5) is 11.6. The van der Waals surface area contributed by atoms with Gasteiger partial charge >= 0.3 is 0 Å². The van der Waals surface area contributed by atoms with E-state index in [1.54, 1.807) is 6.20 Å². The van der Waals surface area contributed by atoms with Crippen molar-refractivity contribution in [3.63, 3.8) is 0 Å². The number of aromatic nitrogens is 2. The van der Waals surface area contributed by atoms with Gasteiger partial charge in [-0.2, -0.15) is 0 Å². The van der Waals surface area contributed by atoms with Crippen molar-refractivity contribution >= 4 is 17.4 Å². The molecule has 0 unspecified atom stereocenters. The summed E-state index contributed by atoms with van der Waals surface area (Å²) in [5, 5.41) is 3.68. The lowest BCUT2D eigenvalue weighted by molar-refractivity contribution is 0.193. The summed E-state index contributed by atoms with van der Waals surface area (Å²) < 4.78 is 26.9. The second-order valence-corrected chi connectivity index (χ2v) is 9.44. The highest BCUT2D eigenvalue weighted by atomic mass is 35.5. The van der Waals surface area contributed by atoms with Crippen molar-refractivity contribution in [2.45, 2.75) is 44.7 Å². The summed E-state index contributed by atoms with van der Waals surface area (Å²) in [6.07, 6.45) is 7.51. The van der Waals surface area contributed by atoms with Crippen LogP contribution in [0.2, 0.25) is 5.02 Å². The monoisotopic (exact) mass is 470 g/mol. The van der Waals surface area contributed by atoms with Gasteiger partial charge in [-0.05, 0) is 88.0 Å². The van der Waals surface area contributed by atoms with Crippen molar-refractivity contribution in [1.82, 2.24) is 14.9 Å². The molecule has 33 heavy (non-hydrogen) atoms. The van der Waals surface area contributed by atoms with Crippen molar-refractivity contribution in [3.8, 4) is 11.3 Å². The zero-order valence-electron chi connectivity index (χ0n) is 19.0. The number of benzene rings is 1. The van der Waals surface area contributed by atoms with Crippen LogP contribution in [0.3, 0.4) is 0 Å². The normalized spacial score (nSPS) is 18.5. The third-order valence-electron chi connectivity index (χ3n) is 6.38. The molecule has 4 rings (SSSR count). The first-order chi connectivity index (χ1) is 15.9. The van der Waals surface area contributed by atoms with Crippen molar-refractivity contribution in [2.24, 2.45) is 5.92 Å². The molecule has 0 atom stereocenters. The minimum absolute atomic E-state index is 0.260. The number of pyridine rings is 2. The Hall–Kier alpha value is -2.57. The van der Waals surface area contributed by atoms with E-state index in [-0.39, 0.29) is 6.54 Å². The Bertz CT molecular complexity index is 1080. The van der Waals surface area contributed by atoms with Gasteiger partial charge in [-0.15, -0.1) is 0 Å². The first-order valence-electron chi connectivity index (χ1n) is 11.3. The van der Waals surface area contributed by atoms with Gasteiger partial charge in [0.1, 0.15) is 17.5 Å². The third kappa shape index (κ3) is 6.27. The standard InChI is InChI=1S/C26H29ClF2N4/c1-33(2)22-8-6-17(7-9-22)12-21-14-23(24(27)16-30-21)25-4-3-5-26(32-25)31-15-18-10-19(28)13-20(29)11-18/h3-5,10-11,13-14,16-17,22H,6-9,12,15H2,1-2H3,(H,31,32). The Morgan fingerprint density at radius 2 is 1.76 bits per heavy atom. The summed E-state index contributed by atoms with van der Waals surface area (Å²) in [5.41, 5.74) is 3.10. The predicted octanol–water partition coefficient (Wildman–Crippen LogP) is 6.35. The average Bonchev–Trinajstić information content (AvgIpc) is 2.79. The lowest BCUT2D eigenvalue weighted by atomic mass is 9.83. The van der Waals surface area contributed by atoms with Gasteiger partial charge < -0.3 is 10.2 Å². The van der Waals surface area contributed by atoms with Gasteiger partial charge in [0, 0.05) is 36.1 Å². The molecule has 4 nitrogen and oxygen atoms in total. The Morgan fingerprint density at radius 3 is 2.45 bits per heavy atom. The Kier molecular flexibility index (Phi) is 7.56. The van der Waals surface area contributed by atoms with Crippen LogP contribution in [0.1, 0.15) is 36.9 Å². The van der Waals surface area contributed by atoms with Crippen molar-refractivity contribution in [1.29, 1.82) is 0 Å². The molecule has 7 heteroatoms. The van der Waals surface area contributed by atoms with Crippen LogP contribution in [-0.4, -0.2) is 35.0 Å². The van der Waals surface area contributed by atoms with Gasteiger partial charge in [-0.3, -0.25) is 4.98 Å². The summed E-state index contributed by atoms with van der Waals surface area (Å²) >= 11 is 6.48. The molecular formula is C26H29ClF2N4. The lowest BCUT2D eigenvalue weighted by Crippen LogP contribution is -2.32. The second kappa shape index (κ2) is 10.6. The summed E-state index contributed by atoms with van der Waals surface area (Å²) in [6, 6.07) is 11.8. The highest BCUT2D eigenvalue weighted by Gasteiger charge is 2.23. The molecule has 0 saturated heterocycles. The number of rotatable bonds is 7. The van der Waals surface area contributed by atoms with Crippen LogP contribution in [0.25, 0.3) is 11.3 Å². The number of halogens is 3. The van der Waals surface area contributed by atoms with Gasteiger partial charge in [-0.1, -0.05) is 17.7 Å². The molecule has 2 aromatic heterocycles. The zero-order chi connectivity index (χ0) is 23.4. The maximum absolute atomic E-state index is 13.4. The predicted molar refractivity (Wildman–Crippen MR) is 129 cm³/mol. The maximum Gasteiger partial charge on any atom is 0.126 e. The smallest absolute Gasteiger partial charge is 0.126 e. The van der Waals surface area contributed by atoms with E-state index in [1.807, 2.05) is 24.3 Å². The lowest BCUT2D eigenvalue weighted by Gasteiger charge is -2.32. The van der Waals surface area contributed by atoms with Crippen molar-refractivity contribution in [3.05, 3.63) is 76.6 Å². The molecule has 0 bridgehead atoms. The molecular weight excluding hydrogens is 442 g/mol. The number of hydrogen-bond donors (Lipinski definition) is 1. The third-order valence-corrected chi connectivity index (χ3v) is 6.68. The first-order valence-corrected chi connectivity index (χ1v) is 11.7. The Balaban J connectivity index is 1.45. The Morgan fingerprint density at radius 1 is 1.03 bits per heavy atom. The largest absolute Gasteiger partial charge is 0.366 e. The molecule has 0 spiro atoms. The molecule has 0 aliphatic heterocycles. The van der Waals surface area contributed by atoms with Crippen LogP contribution in [0.15, 0.2) is 48.7 Å². The van der Waals surface area contributed by atoms with E-state index in [1.165, 1.54) is 37.8 Å². The number of anilines is 1. The average molecular weight is 471 g/mol. The molecule has 3 aromatic rings. The Labute approximate surface area is 199 Å². The van der Waals surface area contributed by atoms with Gasteiger partial charge in [0.25, 0.3) is 0 Å².